The summed E-state index contributed by atoms with van der Waals surface area (Å²) in [6, 6.07) is -12.0. The number of carboxylic acid groups (broad SMARTS) is 1. The number of carbonyl (C=O) groups excluding carboxylic acids is 10. The molecular formula is C51H89N11O14. The zero-order chi connectivity index (χ0) is 57.9. The summed E-state index contributed by atoms with van der Waals surface area (Å²) in [5.41, 5.74) is 5.69. The van der Waals surface area contributed by atoms with E-state index >= 15 is 0 Å². The van der Waals surface area contributed by atoms with E-state index in [0.29, 0.717) is 12.8 Å². The molecule has 76 heavy (non-hydrogen) atoms. The lowest BCUT2D eigenvalue weighted by Crippen LogP contribution is -2.61. The molecule has 25 heteroatoms. The molecule has 2 aliphatic heterocycles. The normalized spacial score (nSPS) is 19.2. The average molecular weight is 1080 g/mol. The first kappa shape index (κ1) is 66.2. The Morgan fingerprint density at radius 1 is 0.526 bits per heavy atom. The van der Waals surface area contributed by atoms with E-state index in [0.717, 1.165) is 0 Å². The van der Waals surface area contributed by atoms with Crippen LogP contribution in [-0.4, -0.2) is 183 Å². The summed E-state index contributed by atoms with van der Waals surface area (Å²) in [7, 11) is 0. The lowest BCUT2D eigenvalue weighted by molar-refractivity contribution is -0.148. The van der Waals surface area contributed by atoms with Crippen molar-refractivity contribution < 1.29 is 68.1 Å². The van der Waals surface area contributed by atoms with E-state index in [4.69, 9.17) is 5.73 Å². The molecule has 0 aromatic rings. The minimum absolute atomic E-state index is 0.0318. The minimum Gasteiger partial charge on any atom is -0.480 e. The molecule has 25 nitrogen and oxygen atoms in total. The van der Waals surface area contributed by atoms with Gasteiger partial charge in [-0.3, -0.25) is 47.9 Å². The van der Waals surface area contributed by atoms with Crippen molar-refractivity contribution >= 4 is 65.0 Å². The van der Waals surface area contributed by atoms with Crippen molar-refractivity contribution in [1.82, 2.24) is 52.3 Å². The zero-order valence-electron chi connectivity index (χ0n) is 46.5. The largest absolute Gasteiger partial charge is 0.480 e. The zero-order valence-corrected chi connectivity index (χ0v) is 46.5. The van der Waals surface area contributed by atoms with Crippen LogP contribution in [0.1, 0.15) is 134 Å². The Kier molecular flexibility index (Phi) is 27.3. The molecule has 13 N–H and O–H groups in total. The summed E-state index contributed by atoms with van der Waals surface area (Å²) in [4.78, 5) is 150. The van der Waals surface area contributed by atoms with Crippen molar-refractivity contribution in [2.24, 2.45) is 35.3 Å². The van der Waals surface area contributed by atoms with Crippen molar-refractivity contribution in [2.45, 2.75) is 201 Å². The second-order valence-electron chi connectivity index (χ2n) is 22.2. The number of aliphatic hydroxyl groups is 2. The van der Waals surface area contributed by atoms with Gasteiger partial charge in [-0.25, -0.2) is 4.79 Å². The van der Waals surface area contributed by atoms with Gasteiger partial charge in [0.2, 0.25) is 59.1 Å². The molecule has 10 amide bonds. The molecule has 0 unspecified atom stereocenters. The van der Waals surface area contributed by atoms with Gasteiger partial charge in [0.1, 0.15) is 60.4 Å². The molecule has 0 radical (unpaired) electrons. The van der Waals surface area contributed by atoms with E-state index < -0.39 is 151 Å². The van der Waals surface area contributed by atoms with Crippen molar-refractivity contribution in [3.8, 4) is 0 Å². The van der Waals surface area contributed by atoms with Gasteiger partial charge in [0.25, 0.3) is 0 Å². The molecule has 0 bridgehead atoms. The molecule has 0 saturated carbocycles. The van der Waals surface area contributed by atoms with Crippen LogP contribution in [0.2, 0.25) is 0 Å². The number of nitrogens with one attached hydrogen (secondary N) is 8. The first-order chi connectivity index (χ1) is 35.4. The highest BCUT2D eigenvalue weighted by molar-refractivity contribution is 5.99. The van der Waals surface area contributed by atoms with Gasteiger partial charge in [-0.1, -0.05) is 69.2 Å². The first-order valence-corrected chi connectivity index (χ1v) is 26.7. The lowest BCUT2D eigenvalue weighted by atomic mass is 9.99. The number of amides is 10. The topological polar surface area (TPSA) is 377 Å². The molecule has 0 aliphatic carbocycles. The van der Waals surface area contributed by atoms with Crippen LogP contribution in [0.15, 0.2) is 0 Å². The second-order valence-corrected chi connectivity index (χ2v) is 22.2. The summed E-state index contributed by atoms with van der Waals surface area (Å²) in [5, 5.41) is 50.0. The fourth-order valence-corrected chi connectivity index (χ4v) is 9.04. The Morgan fingerprint density at radius 3 is 1.50 bits per heavy atom. The van der Waals surface area contributed by atoms with Gasteiger partial charge in [0.15, 0.2) is 0 Å². The van der Waals surface area contributed by atoms with E-state index in [-0.39, 0.29) is 75.3 Å². The molecule has 432 valence electrons. The van der Waals surface area contributed by atoms with Crippen LogP contribution in [0.4, 0.5) is 0 Å². The number of nitrogens with zero attached hydrogens (tertiary/aromatic N) is 2. The third kappa shape index (κ3) is 20.9. The number of hydrogen-bond acceptors (Lipinski definition) is 14. The summed E-state index contributed by atoms with van der Waals surface area (Å²) in [6.45, 7) is 19.6. The molecular weight excluding hydrogens is 991 g/mol. The smallest absolute Gasteiger partial charge is 0.326 e. The first-order valence-electron chi connectivity index (χ1n) is 26.7. The van der Waals surface area contributed by atoms with Gasteiger partial charge >= 0.3 is 5.97 Å². The molecule has 0 aromatic carbocycles. The number of carboxylic acids is 1. The third-order valence-corrected chi connectivity index (χ3v) is 13.0. The highest BCUT2D eigenvalue weighted by atomic mass is 16.4. The second kappa shape index (κ2) is 31.3. The van der Waals surface area contributed by atoms with Crippen molar-refractivity contribution in [2.75, 3.05) is 26.2 Å². The lowest BCUT2D eigenvalue weighted by Gasteiger charge is -2.34. The van der Waals surface area contributed by atoms with E-state index in [2.05, 4.69) is 42.5 Å². The maximum absolute atomic E-state index is 14.4. The number of hydrogen-bond donors (Lipinski definition) is 12. The number of nitrogens with two attached hydrogens (primary N) is 1. The van der Waals surface area contributed by atoms with Crippen LogP contribution in [-0.2, 0) is 52.7 Å². The van der Waals surface area contributed by atoms with Crippen LogP contribution in [0.5, 0.6) is 0 Å². The van der Waals surface area contributed by atoms with Crippen molar-refractivity contribution in [3.63, 3.8) is 0 Å². The van der Waals surface area contributed by atoms with Gasteiger partial charge in [0, 0.05) is 13.1 Å². The Balaban J connectivity index is 2.18. The minimum atomic E-state index is -1.61. The molecule has 0 spiro atoms. The molecule has 2 saturated heterocycles. The van der Waals surface area contributed by atoms with Gasteiger partial charge in [-0.2, -0.15) is 0 Å². The highest BCUT2D eigenvalue weighted by Crippen LogP contribution is 2.27. The van der Waals surface area contributed by atoms with Crippen LogP contribution in [0.3, 0.4) is 0 Å². The molecule has 0 aromatic heterocycles. The van der Waals surface area contributed by atoms with Gasteiger partial charge in [-0.05, 0) is 94.8 Å². The van der Waals surface area contributed by atoms with Crippen LogP contribution in [0, 0.1) is 29.6 Å². The molecule has 2 rings (SSSR count). The van der Waals surface area contributed by atoms with Crippen LogP contribution in [0.25, 0.3) is 0 Å². The highest BCUT2D eigenvalue weighted by Gasteiger charge is 2.45. The molecule has 2 aliphatic rings. The summed E-state index contributed by atoms with van der Waals surface area (Å²) < 4.78 is 0. The van der Waals surface area contributed by atoms with Gasteiger partial charge in [0.05, 0.1) is 19.3 Å². The van der Waals surface area contributed by atoms with Crippen LogP contribution >= 0.6 is 0 Å². The third-order valence-electron chi connectivity index (χ3n) is 13.0. The summed E-state index contributed by atoms with van der Waals surface area (Å²) >= 11 is 0. The predicted molar refractivity (Wildman–Crippen MR) is 279 cm³/mol. The maximum atomic E-state index is 14.4. The Hall–Kier alpha value is -5.95. The average Bonchev–Trinajstić information content (AvgIpc) is 4.03. The quantitative estimate of drug-likeness (QED) is 0.0375. The standard InChI is InChI=1S/C51H89N11O14/c1-25(2)19-33(57-43(67)32(52)24-63)44(68)58-35(21-27(5)6)49(73)62-18-14-16-38(62)50(74)61-17-13-15-37(61)46(70)60-41(31(12)64)48(72)54-30(11)42(66)56-34(20-26(3)4)45(69)59-40(29(9)10)47(71)53-23-39(65)55-36(51(75)76)22-28(7)8/h25-38,40-41,63-64H,13-24,52H2,1-12H3,(H,53,71)(H,54,72)(H,55,65)(H,56,66)(H,57,67)(H,58,68)(H,59,69)(H,60,70)(H,75,76)/t30-,31+,32-,33-,34-,35-,36-,37-,38-,40-,41-/m0/s1. The Bertz CT molecular complexity index is 2030. The van der Waals surface area contributed by atoms with Gasteiger partial charge < -0.3 is 73.4 Å². The maximum Gasteiger partial charge on any atom is 0.326 e. The molecule has 2 heterocycles. The SMILES string of the molecule is CC(C)C[C@H](NC(=O)CNC(=O)[C@@H](NC(=O)[C@H](CC(C)C)NC(=O)[C@H](C)NC(=O)[C@@H](NC(=O)[C@@H]1CCCN1C(=O)[C@@H]1CCCN1C(=O)[C@H](CC(C)C)NC(=O)[C@H](CC(C)C)NC(=O)[C@@H](N)CO)[C@@H](C)O)C(C)C)C(=O)O. The fraction of sp³-hybridized carbons (Fsp3) is 0.784. The number of rotatable bonds is 30. The Morgan fingerprint density at radius 2 is 1.00 bits per heavy atom. The van der Waals surface area contributed by atoms with E-state index in [1.165, 1.54) is 23.6 Å². The van der Waals surface area contributed by atoms with Crippen molar-refractivity contribution in [3.05, 3.63) is 0 Å². The van der Waals surface area contributed by atoms with Crippen molar-refractivity contribution in [1.29, 1.82) is 0 Å². The summed E-state index contributed by atoms with van der Waals surface area (Å²) in [5.74, 6) is -9.18. The van der Waals surface area contributed by atoms with E-state index in [1.54, 1.807) is 41.5 Å². The van der Waals surface area contributed by atoms with Crippen LogP contribution < -0.4 is 48.3 Å². The molecule has 2 fully saturated rings. The number of aliphatic carboxylic acids is 1. The monoisotopic (exact) mass is 1080 g/mol. The number of aliphatic hydroxyl groups excluding tert-OH is 2. The number of carbonyl (C=O) groups is 11. The fourth-order valence-electron chi connectivity index (χ4n) is 9.04. The van der Waals surface area contributed by atoms with E-state index in [9.17, 15) is 68.1 Å². The number of likely N-dealkylation sites (tertiary alicyclic amines) is 2. The summed E-state index contributed by atoms with van der Waals surface area (Å²) in [6.07, 6.45) is 0.509. The predicted octanol–water partition coefficient (Wildman–Crippen LogP) is -1.88. The Labute approximate surface area is 446 Å². The van der Waals surface area contributed by atoms with Gasteiger partial charge in [-0.15, -0.1) is 0 Å². The molecule has 11 atom stereocenters. The van der Waals surface area contributed by atoms with E-state index in [1.807, 2.05) is 27.7 Å².